The fourth-order valence-electron chi connectivity index (χ4n) is 6.20. The lowest BCUT2D eigenvalue weighted by Crippen LogP contribution is -2.78. The van der Waals surface area contributed by atoms with Gasteiger partial charge in [-0.25, -0.2) is 9.98 Å². The molecule has 0 radical (unpaired) electrons. The highest BCUT2D eigenvalue weighted by atomic mass is 16.5. The van der Waals surface area contributed by atoms with Gasteiger partial charge < -0.3 is 52.3 Å². The van der Waals surface area contributed by atoms with Gasteiger partial charge in [-0.1, -0.05) is 26.0 Å². The van der Waals surface area contributed by atoms with Gasteiger partial charge in [0.2, 0.25) is 5.79 Å². The average Bonchev–Trinajstić information content (AvgIpc) is 3.61. The van der Waals surface area contributed by atoms with E-state index in [9.17, 15) is 19.8 Å². The summed E-state index contributed by atoms with van der Waals surface area (Å²) in [6, 6.07) is 5.72. The molecule has 1 unspecified atom stereocenters. The maximum Gasteiger partial charge on any atom is 0.267 e. The first kappa shape index (κ1) is 26.0. The van der Waals surface area contributed by atoms with E-state index < -0.39 is 35.5 Å². The Labute approximate surface area is 229 Å². The number of hydrogen-bond acceptors (Lipinski definition) is 11. The maximum atomic E-state index is 13.5. The van der Waals surface area contributed by atoms with E-state index >= 15 is 0 Å². The summed E-state index contributed by atoms with van der Waals surface area (Å²) >= 11 is 0. The number of fused-ring (bicyclic) bond motifs is 1. The second-order valence-corrected chi connectivity index (χ2v) is 11.2. The minimum atomic E-state index is -2.60. The number of aromatic nitrogens is 1. The molecule has 14 nitrogen and oxygen atoms in total. The molecule has 4 aliphatic rings. The Hall–Kier alpha value is -4.30. The molecule has 2 aromatic rings. The molecule has 0 aliphatic carbocycles. The third-order valence-corrected chi connectivity index (χ3v) is 8.38. The first-order valence-electron chi connectivity index (χ1n) is 13.1. The molecule has 1 aromatic heterocycles. The molecule has 14 heteroatoms. The molecule has 40 heavy (non-hydrogen) atoms. The van der Waals surface area contributed by atoms with Crippen molar-refractivity contribution in [2.75, 3.05) is 19.7 Å². The molecule has 1 aromatic carbocycles. The number of guanidine groups is 2. The number of carbonyl (C=O) groups excluding carboxylic acids is 2. The van der Waals surface area contributed by atoms with Gasteiger partial charge in [-0.15, -0.1) is 0 Å². The van der Waals surface area contributed by atoms with Crippen molar-refractivity contribution in [3.05, 3.63) is 53.3 Å². The minimum Gasteiger partial charge on any atom is -0.492 e. The van der Waals surface area contributed by atoms with Crippen LogP contribution in [-0.2, 0) is 5.41 Å². The van der Waals surface area contributed by atoms with Crippen LogP contribution < -0.4 is 32.2 Å². The number of nitrogens with two attached hydrogens (primary N) is 2. The number of benzene rings is 1. The highest BCUT2D eigenvalue weighted by molar-refractivity contribution is 5.98. The van der Waals surface area contributed by atoms with E-state index in [1.807, 2.05) is 6.07 Å². The van der Waals surface area contributed by atoms with E-state index in [-0.39, 0.29) is 36.3 Å². The number of nitrogens with one attached hydrogen (secondary N) is 4. The van der Waals surface area contributed by atoms with Crippen LogP contribution in [0.25, 0.3) is 0 Å². The van der Waals surface area contributed by atoms with Crippen molar-refractivity contribution in [3.8, 4) is 5.75 Å². The summed E-state index contributed by atoms with van der Waals surface area (Å²) in [6.07, 6.45) is 2.43. The number of rotatable bonds is 5. The molecule has 2 amide bonds. The van der Waals surface area contributed by atoms with Gasteiger partial charge in [0.05, 0.1) is 18.2 Å². The van der Waals surface area contributed by atoms with Gasteiger partial charge in [0, 0.05) is 24.8 Å². The third kappa shape index (κ3) is 3.70. The number of aliphatic imine (C=N–C) groups is 2. The molecular weight excluding hydrogens is 518 g/mol. The Morgan fingerprint density at radius 3 is 2.73 bits per heavy atom. The predicted octanol–water partition coefficient (Wildman–Crippen LogP) is -1.72. The second-order valence-electron chi connectivity index (χ2n) is 11.2. The number of aromatic amines is 1. The Bertz CT molecular complexity index is 1420. The largest absolute Gasteiger partial charge is 0.492 e. The Balaban J connectivity index is 1.27. The average molecular weight is 552 g/mol. The topological polar surface area (TPSA) is 216 Å². The van der Waals surface area contributed by atoms with Crippen molar-refractivity contribution in [2.45, 2.75) is 55.3 Å². The van der Waals surface area contributed by atoms with Crippen molar-refractivity contribution in [3.63, 3.8) is 0 Å². The number of ether oxygens (including phenoxy) is 1. The minimum absolute atomic E-state index is 0.00630. The van der Waals surface area contributed by atoms with Gasteiger partial charge in [0.1, 0.15) is 23.5 Å². The molecule has 1 fully saturated rings. The highest BCUT2D eigenvalue weighted by Gasteiger charge is 2.73. The van der Waals surface area contributed by atoms with Crippen molar-refractivity contribution < 1.29 is 24.5 Å². The number of H-pyrrole nitrogens is 1. The number of para-hydroxylation sites is 1. The van der Waals surface area contributed by atoms with Gasteiger partial charge in [0.25, 0.3) is 11.8 Å². The van der Waals surface area contributed by atoms with Gasteiger partial charge >= 0.3 is 0 Å². The number of amides is 2. The number of aliphatic hydroxyl groups is 2. The zero-order valence-corrected chi connectivity index (χ0v) is 22.1. The van der Waals surface area contributed by atoms with Crippen LogP contribution in [0.5, 0.6) is 5.75 Å². The van der Waals surface area contributed by atoms with Crippen LogP contribution in [0.3, 0.4) is 0 Å². The van der Waals surface area contributed by atoms with Crippen molar-refractivity contribution in [1.82, 2.24) is 25.8 Å². The lowest BCUT2D eigenvalue weighted by Gasteiger charge is -2.49. The summed E-state index contributed by atoms with van der Waals surface area (Å²) in [5, 5.41) is 31.8. The van der Waals surface area contributed by atoms with Crippen LogP contribution in [-0.4, -0.2) is 93.1 Å². The van der Waals surface area contributed by atoms with Crippen molar-refractivity contribution in [1.29, 1.82) is 0 Å². The van der Waals surface area contributed by atoms with Crippen LogP contribution in [0.1, 0.15) is 46.7 Å². The van der Waals surface area contributed by atoms with E-state index in [0.29, 0.717) is 23.6 Å². The summed E-state index contributed by atoms with van der Waals surface area (Å²) in [7, 11) is 0. The standard InChI is InChI=1S/C26H33N9O5/c1-24(2)8-10-40-18-13(5-3-6-14(18)24)20(36)32-17-12-35-23(28)31-16(11-30-21(37)15-7-4-9-29-15)19-25(35,26(17,38)39)34-22(27)33-19/h3-7,9,16-17,19,29,38-39H,8,10-12H2,1-2H3,(H2,28,31)(H,30,37)(H,32,36)(H3,27,33,34)/t16-,17?,19-,25-/m0/s1. The fraction of sp³-hybridized carbons (Fsp3) is 0.462. The molecule has 6 rings (SSSR count). The SMILES string of the molecule is CC1(C)CCOc2c(C(=O)NC3CN4C(N)=N[C@@H](CNC(=O)c5ccc[nH]5)[C@@H]5N=C(N)N[C@@]54C3(O)O)cccc21. The van der Waals surface area contributed by atoms with Crippen LogP contribution in [0.15, 0.2) is 46.5 Å². The van der Waals surface area contributed by atoms with Crippen LogP contribution in [0, 0.1) is 0 Å². The smallest absolute Gasteiger partial charge is 0.267 e. The molecule has 4 atom stereocenters. The predicted molar refractivity (Wildman–Crippen MR) is 145 cm³/mol. The van der Waals surface area contributed by atoms with Gasteiger partial charge in [-0.3, -0.25) is 9.59 Å². The van der Waals surface area contributed by atoms with Crippen molar-refractivity contribution >= 4 is 23.7 Å². The second kappa shape index (κ2) is 8.86. The van der Waals surface area contributed by atoms with Gasteiger partial charge in [-0.05, 0) is 30.0 Å². The molecule has 212 valence electrons. The molecule has 5 heterocycles. The van der Waals surface area contributed by atoms with Crippen LogP contribution in [0.4, 0.5) is 0 Å². The molecule has 1 saturated heterocycles. The number of carbonyl (C=O) groups is 2. The molecule has 1 spiro atoms. The molecule has 0 saturated carbocycles. The van der Waals surface area contributed by atoms with Gasteiger partial charge in [0.15, 0.2) is 17.6 Å². The van der Waals surface area contributed by atoms with E-state index in [1.54, 1.807) is 30.5 Å². The first-order valence-corrected chi connectivity index (χ1v) is 13.1. The van der Waals surface area contributed by atoms with Crippen LogP contribution in [0.2, 0.25) is 0 Å². The fourth-order valence-corrected chi connectivity index (χ4v) is 6.20. The Morgan fingerprint density at radius 2 is 1.98 bits per heavy atom. The summed E-state index contributed by atoms with van der Waals surface area (Å²) in [5.74, 6) is -3.08. The zero-order chi connectivity index (χ0) is 28.4. The highest BCUT2D eigenvalue weighted by Crippen LogP contribution is 2.45. The first-order chi connectivity index (χ1) is 19.0. The zero-order valence-electron chi connectivity index (χ0n) is 22.1. The quantitative estimate of drug-likeness (QED) is 0.198. The lowest BCUT2D eigenvalue weighted by molar-refractivity contribution is -0.230. The van der Waals surface area contributed by atoms with Gasteiger partial charge in [-0.2, -0.15) is 0 Å². The Kier molecular flexibility index (Phi) is 5.75. The maximum absolute atomic E-state index is 13.5. The summed E-state index contributed by atoms with van der Waals surface area (Å²) in [5.41, 5.74) is 12.0. The van der Waals surface area contributed by atoms with E-state index in [1.165, 1.54) is 4.90 Å². The monoisotopic (exact) mass is 551 g/mol. The third-order valence-electron chi connectivity index (χ3n) is 8.38. The van der Waals surface area contributed by atoms with Crippen molar-refractivity contribution in [2.24, 2.45) is 21.5 Å². The van der Waals surface area contributed by atoms with E-state index in [0.717, 1.165) is 12.0 Å². The molecule has 4 aliphatic heterocycles. The van der Waals surface area contributed by atoms with E-state index in [2.05, 4.69) is 44.8 Å². The molecule has 0 bridgehead atoms. The molecular formula is C26H33N9O5. The summed E-state index contributed by atoms with van der Waals surface area (Å²) in [6.45, 7) is 4.54. The summed E-state index contributed by atoms with van der Waals surface area (Å²) in [4.78, 5) is 39.3. The number of hydrogen-bond donors (Lipinski definition) is 8. The normalized spacial score (nSPS) is 29.1. The lowest BCUT2D eigenvalue weighted by atomic mass is 9.79. The summed E-state index contributed by atoms with van der Waals surface area (Å²) < 4.78 is 5.89. The number of nitrogens with zero attached hydrogens (tertiary/aromatic N) is 3. The Morgan fingerprint density at radius 1 is 1.18 bits per heavy atom. The van der Waals surface area contributed by atoms with Crippen LogP contribution >= 0.6 is 0 Å². The molecule has 10 N–H and O–H groups in total. The van der Waals surface area contributed by atoms with E-state index in [4.69, 9.17) is 16.2 Å².